The van der Waals surface area contributed by atoms with Gasteiger partial charge in [-0.1, -0.05) is 29.8 Å². The normalized spacial score (nSPS) is 11.2. The number of sulfone groups is 1. The van der Waals surface area contributed by atoms with E-state index in [0.717, 1.165) is 0 Å². The number of aldehydes is 1. The number of anilines is 1. The van der Waals surface area contributed by atoms with Crippen LogP contribution in [0, 0.1) is 0 Å². The summed E-state index contributed by atoms with van der Waals surface area (Å²) in [4.78, 5) is 10.7. The SMILES string of the molecule is Nc1c(C=O)cccc1S(=O)(=O)c1ccccc1Cl. The summed E-state index contributed by atoms with van der Waals surface area (Å²) in [5.74, 6) is 0. The molecule has 0 aliphatic heterocycles. The number of nitrogens with two attached hydrogens (primary N) is 1. The predicted octanol–water partition coefficient (Wildman–Crippen LogP) is 2.57. The molecule has 0 heterocycles. The van der Waals surface area contributed by atoms with Crippen LogP contribution in [-0.2, 0) is 9.84 Å². The van der Waals surface area contributed by atoms with E-state index >= 15 is 0 Å². The number of carbonyl (C=O) groups excluding carboxylic acids is 1. The molecule has 6 heteroatoms. The third-order valence-electron chi connectivity index (χ3n) is 2.64. The number of hydrogen-bond donors (Lipinski definition) is 1. The Balaban J connectivity index is 2.71. The van der Waals surface area contributed by atoms with Gasteiger partial charge in [-0.15, -0.1) is 0 Å². The number of carbonyl (C=O) groups is 1. The van der Waals surface area contributed by atoms with Gasteiger partial charge in [-0.25, -0.2) is 8.42 Å². The van der Waals surface area contributed by atoms with Crippen LogP contribution in [0.3, 0.4) is 0 Å². The number of hydrogen-bond acceptors (Lipinski definition) is 4. The van der Waals surface area contributed by atoms with Crippen LogP contribution in [0.15, 0.2) is 52.3 Å². The Morgan fingerprint density at radius 3 is 2.26 bits per heavy atom. The van der Waals surface area contributed by atoms with Crippen molar-refractivity contribution in [1.82, 2.24) is 0 Å². The zero-order valence-corrected chi connectivity index (χ0v) is 11.3. The van der Waals surface area contributed by atoms with E-state index in [1.165, 1.54) is 30.3 Å². The summed E-state index contributed by atoms with van der Waals surface area (Å²) in [5.41, 5.74) is 5.77. The molecule has 2 aromatic rings. The highest BCUT2D eigenvalue weighted by Gasteiger charge is 2.23. The van der Waals surface area contributed by atoms with Gasteiger partial charge in [0.05, 0.1) is 20.5 Å². The predicted molar refractivity (Wildman–Crippen MR) is 73.1 cm³/mol. The fourth-order valence-electron chi connectivity index (χ4n) is 1.68. The second kappa shape index (κ2) is 5.03. The van der Waals surface area contributed by atoms with Gasteiger partial charge in [0.25, 0.3) is 0 Å². The molecule has 0 aromatic heterocycles. The van der Waals surface area contributed by atoms with E-state index < -0.39 is 9.84 Å². The lowest BCUT2D eigenvalue weighted by Crippen LogP contribution is -2.08. The number of halogens is 1. The number of nitrogen functional groups attached to an aromatic ring is 1. The Bertz CT molecular complexity index is 741. The van der Waals surface area contributed by atoms with Crippen molar-refractivity contribution in [3.05, 3.63) is 53.1 Å². The highest BCUT2D eigenvalue weighted by atomic mass is 35.5. The molecule has 0 amide bonds. The van der Waals surface area contributed by atoms with E-state index in [0.29, 0.717) is 6.29 Å². The first-order valence-corrected chi connectivity index (χ1v) is 7.18. The lowest BCUT2D eigenvalue weighted by molar-refractivity contribution is 0.112. The molecule has 0 fully saturated rings. The van der Waals surface area contributed by atoms with Crippen LogP contribution in [0.5, 0.6) is 0 Å². The van der Waals surface area contributed by atoms with Crippen molar-refractivity contribution in [2.75, 3.05) is 5.73 Å². The van der Waals surface area contributed by atoms with Crippen LogP contribution in [0.1, 0.15) is 10.4 Å². The highest BCUT2D eigenvalue weighted by Crippen LogP contribution is 2.31. The summed E-state index contributed by atoms with van der Waals surface area (Å²) in [7, 11) is -3.85. The molecule has 0 spiro atoms. The highest BCUT2D eigenvalue weighted by molar-refractivity contribution is 7.91. The van der Waals surface area contributed by atoms with E-state index in [1.807, 2.05) is 0 Å². The molecule has 0 aliphatic carbocycles. The standard InChI is InChI=1S/C13H10ClNO3S/c14-10-5-1-2-6-11(10)19(17,18)12-7-3-4-9(8-16)13(12)15/h1-8H,15H2. The second-order valence-electron chi connectivity index (χ2n) is 3.81. The van der Waals surface area contributed by atoms with Gasteiger partial charge in [0.15, 0.2) is 6.29 Å². The van der Waals surface area contributed by atoms with E-state index in [2.05, 4.69) is 0 Å². The van der Waals surface area contributed by atoms with Crippen molar-refractivity contribution in [2.24, 2.45) is 0 Å². The lowest BCUT2D eigenvalue weighted by Gasteiger charge is -2.10. The monoisotopic (exact) mass is 295 g/mol. The van der Waals surface area contributed by atoms with Gasteiger partial charge in [0.1, 0.15) is 0 Å². The minimum Gasteiger partial charge on any atom is -0.397 e. The Hall–Kier alpha value is -1.85. The summed E-state index contributed by atoms with van der Waals surface area (Å²) in [6, 6.07) is 10.3. The maximum Gasteiger partial charge on any atom is 0.210 e. The average molecular weight is 296 g/mol. The Labute approximate surface area is 115 Å². The molecule has 0 saturated heterocycles. The maximum absolute atomic E-state index is 12.5. The summed E-state index contributed by atoms with van der Waals surface area (Å²) < 4.78 is 24.9. The molecule has 0 bridgehead atoms. The van der Waals surface area contributed by atoms with E-state index in [9.17, 15) is 13.2 Å². The van der Waals surface area contributed by atoms with Crippen LogP contribution in [0.4, 0.5) is 5.69 Å². The van der Waals surface area contributed by atoms with Crippen molar-refractivity contribution >= 4 is 33.4 Å². The Kier molecular flexibility index (Phi) is 3.59. The van der Waals surface area contributed by atoms with Crippen LogP contribution >= 0.6 is 11.6 Å². The zero-order valence-electron chi connectivity index (χ0n) is 9.71. The molecule has 0 aliphatic rings. The van der Waals surface area contributed by atoms with Gasteiger partial charge >= 0.3 is 0 Å². The van der Waals surface area contributed by atoms with Gasteiger partial charge in [-0.2, -0.15) is 0 Å². The molecular formula is C13H10ClNO3S. The smallest absolute Gasteiger partial charge is 0.210 e. The Morgan fingerprint density at radius 1 is 1.00 bits per heavy atom. The lowest BCUT2D eigenvalue weighted by atomic mass is 10.2. The third kappa shape index (κ3) is 2.34. The molecule has 0 atom stereocenters. The summed E-state index contributed by atoms with van der Waals surface area (Å²) in [6.07, 6.45) is 0.515. The fourth-order valence-corrected chi connectivity index (χ4v) is 3.60. The molecule has 0 saturated carbocycles. The van der Waals surface area contributed by atoms with Crippen molar-refractivity contribution in [3.8, 4) is 0 Å². The van der Waals surface area contributed by atoms with E-state index in [1.54, 1.807) is 12.1 Å². The molecule has 0 radical (unpaired) electrons. The minimum atomic E-state index is -3.85. The van der Waals surface area contributed by atoms with Crippen molar-refractivity contribution in [1.29, 1.82) is 0 Å². The number of rotatable bonds is 3. The molecule has 2 rings (SSSR count). The minimum absolute atomic E-state index is 0.0357. The number of para-hydroxylation sites is 1. The second-order valence-corrected chi connectivity index (χ2v) is 6.10. The summed E-state index contributed by atoms with van der Waals surface area (Å²) in [5, 5.41) is 0.110. The first kappa shape index (κ1) is 13.6. The molecule has 19 heavy (non-hydrogen) atoms. The molecule has 2 aromatic carbocycles. The van der Waals surface area contributed by atoms with Crippen LogP contribution in [0.2, 0.25) is 5.02 Å². The summed E-state index contributed by atoms with van der Waals surface area (Å²) >= 11 is 5.90. The third-order valence-corrected chi connectivity index (χ3v) is 4.95. The quantitative estimate of drug-likeness (QED) is 0.697. The molecular weight excluding hydrogens is 286 g/mol. The summed E-state index contributed by atoms with van der Waals surface area (Å²) in [6.45, 7) is 0. The van der Waals surface area contributed by atoms with Gasteiger partial charge in [0, 0.05) is 5.56 Å². The first-order valence-electron chi connectivity index (χ1n) is 5.31. The Morgan fingerprint density at radius 2 is 1.63 bits per heavy atom. The van der Waals surface area contributed by atoms with E-state index in [4.69, 9.17) is 17.3 Å². The largest absolute Gasteiger partial charge is 0.397 e. The molecule has 2 N–H and O–H groups in total. The van der Waals surface area contributed by atoms with Crippen molar-refractivity contribution in [2.45, 2.75) is 9.79 Å². The van der Waals surface area contributed by atoms with Gasteiger partial charge in [-0.05, 0) is 24.3 Å². The number of benzene rings is 2. The van der Waals surface area contributed by atoms with Gasteiger partial charge in [0.2, 0.25) is 9.84 Å². The first-order chi connectivity index (χ1) is 8.98. The van der Waals surface area contributed by atoms with Crippen LogP contribution in [-0.4, -0.2) is 14.7 Å². The van der Waals surface area contributed by atoms with E-state index in [-0.39, 0.29) is 26.1 Å². The van der Waals surface area contributed by atoms with Gasteiger partial charge in [-0.3, -0.25) is 4.79 Å². The van der Waals surface area contributed by atoms with Crippen LogP contribution < -0.4 is 5.73 Å². The molecule has 4 nitrogen and oxygen atoms in total. The zero-order chi connectivity index (χ0) is 14.0. The van der Waals surface area contributed by atoms with Crippen LogP contribution in [0.25, 0.3) is 0 Å². The van der Waals surface area contributed by atoms with Crippen molar-refractivity contribution in [3.63, 3.8) is 0 Å². The molecule has 0 unspecified atom stereocenters. The topological polar surface area (TPSA) is 77.2 Å². The fraction of sp³-hybridized carbons (Fsp3) is 0. The molecule has 98 valence electrons. The average Bonchev–Trinajstić information content (AvgIpc) is 2.39. The van der Waals surface area contributed by atoms with Crippen molar-refractivity contribution < 1.29 is 13.2 Å². The van der Waals surface area contributed by atoms with Gasteiger partial charge < -0.3 is 5.73 Å². The maximum atomic E-state index is 12.5.